The maximum atomic E-state index is 15.3. The summed E-state index contributed by atoms with van der Waals surface area (Å²) in [5, 5.41) is 3.65. The number of benzene rings is 8. The molecule has 0 fully saturated rings. The van der Waals surface area contributed by atoms with Gasteiger partial charge < -0.3 is 18.3 Å². The zero-order valence-electron chi connectivity index (χ0n) is 36.9. The predicted molar refractivity (Wildman–Crippen MR) is 261 cm³/mol. The molecule has 0 radical (unpaired) electrons. The molecule has 326 valence electrons. The topological polar surface area (TPSA) is 49.0 Å². The van der Waals surface area contributed by atoms with Gasteiger partial charge in [0.2, 0.25) is 0 Å². The van der Waals surface area contributed by atoms with Crippen LogP contribution in [-0.4, -0.2) is 14.1 Å². The normalized spacial score (nSPS) is 12.1. The quantitative estimate of drug-likeness (QED) is 0.130. The average Bonchev–Trinajstić information content (AvgIpc) is 4.01. The Hall–Kier alpha value is -7.60. The van der Waals surface area contributed by atoms with Crippen molar-refractivity contribution in [2.75, 3.05) is 0 Å². The Morgan fingerprint density at radius 1 is 0.627 bits per heavy atom. The molecule has 0 N–H and O–H groups in total. The molecule has 0 bridgehead atoms. The van der Waals surface area contributed by atoms with Gasteiger partial charge in [0.25, 0.3) is 6.33 Å². The number of pyridine rings is 1. The van der Waals surface area contributed by atoms with Crippen molar-refractivity contribution in [3.8, 4) is 62.1 Å². The van der Waals surface area contributed by atoms with E-state index in [0.29, 0.717) is 33.9 Å². The molecule has 1 aliphatic heterocycles. The minimum Gasteiger partial charge on any atom is -0.519 e. The number of aromatic nitrogens is 4. The van der Waals surface area contributed by atoms with E-state index in [-0.39, 0.29) is 32.3 Å². The van der Waals surface area contributed by atoms with Crippen molar-refractivity contribution in [3.63, 3.8) is 0 Å². The van der Waals surface area contributed by atoms with Crippen LogP contribution >= 0.6 is 0 Å². The number of ether oxygens (including phenoxy) is 1. The van der Waals surface area contributed by atoms with Crippen LogP contribution in [0.3, 0.4) is 0 Å². The summed E-state index contributed by atoms with van der Waals surface area (Å²) in [6.07, 6.45) is 5.66. The van der Waals surface area contributed by atoms with Crippen LogP contribution in [0, 0.1) is 31.2 Å². The number of fused-ring (bicyclic) bond motifs is 13. The number of furan rings is 1. The number of hydrogen-bond acceptors (Lipinski definition) is 3. The fourth-order valence-electron chi connectivity index (χ4n) is 9.93. The monoisotopic (exact) mass is 1050 g/mol. The maximum absolute atomic E-state index is 15.3. The molecule has 67 heavy (non-hydrogen) atoms. The summed E-state index contributed by atoms with van der Waals surface area (Å²) in [5.74, 6) is 1.40. The Kier molecular flexibility index (Phi) is 9.29. The molecular weight excluding hydrogens is 1010 g/mol. The smallest absolute Gasteiger partial charge is 0.268 e. The summed E-state index contributed by atoms with van der Waals surface area (Å²) in [7, 11) is 0. The van der Waals surface area contributed by atoms with Crippen molar-refractivity contribution < 1.29 is 39.2 Å². The number of imidazole rings is 1. The molecule has 0 atom stereocenters. The second kappa shape index (κ2) is 15.2. The third kappa shape index (κ3) is 6.32. The molecule has 8 heteroatoms. The zero-order chi connectivity index (χ0) is 44.4. The molecule has 0 spiro atoms. The van der Waals surface area contributed by atoms with Crippen LogP contribution in [0.5, 0.6) is 11.5 Å². The SMILES string of the molecule is Cc1cc2c(cc1F)oc1c(-n3[c-][n+]4c5c(cccc53)-c3ccccc3-c3ccccc3-c3ccccc3-4)[c-]c(Oc3[c-]c4c(cc3)c3ccccc3n4-c3cc(C(C)(C)C)ccn3)cc12.[Pt]. The first-order valence-electron chi connectivity index (χ1n) is 22.1. The van der Waals surface area contributed by atoms with Crippen LogP contribution in [0.15, 0.2) is 168 Å². The molecule has 5 heterocycles. The van der Waals surface area contributed by atoms with Crippen molar-refractivity contribution in [1.29, 1.82) is 0 Å². The van der Waals surface area contributed by atoms with E-state index < -0.39 is 0 Å². The molecular formula is C59H39FN4O2Pt-2. The maximum Gasteiger partial charge on any atom is 0.268 e. The van der Waals surface area contributed by atoms with Crippen LogP contribution in [0.25, 0.3) is 105 Å². The van der Waals surface area contributed by atoms with Gasteiger partial charge in [0.1, 0.15) is 17.2 Å². The zero-order valence-corrected chi connectivity index (χ0v) is 39.2. The van der Waals surface area contributed by atoms with Gasteiger partial charge in [-0.3, -0.25) is 4.57 Å². The number of para-hydroxylation sites is 3. The molecule has 6 nitrogen and oxygen atoms in total. The van der Waals surface area contributed by atoms with Crippen LogP contribution < -0.4 is 9.30 Å². The van der Waals surface area contributed by atoms with Gasteiger partial charge in [-0.2, -0.15) is 6.07 Å². The van der Waals surface area contributed by atoms with Crippen LogP contribution in [0.4, 0.5) is 4.39 Å². The fourth-order valence-corrected chi connectivity index (χ4v) is 9.93. The third-order valence-corrected chi connectivity index (χ3v) is 13.1. The van der Waals surface area contributed by atoms with Gasteiger partial charge in [-0.15, -0.1) is 29.7 Å². The van der Waals surface area contributed by atoms with E-state index in [0.717, 1.165) is 88.5 Å². The van der Waals surface area contributed by atoms with E-state index in [1.54, 1.807) is 6.92 Å². The summed E-state index contributed by atoms with van der Waals surface area (Å²) in [4.78, 5) is 4.87. The number of halogens is 1. The summed E-state index contributed by atoms with van der Waals surface area (Å²) in [5.41, 5.74) is 14.5. The van der Waals surface area contributed by atoms with E-state index in [1.807, 2.05) is 35.0 Å². The van der Waals surface area contributed by atoms with Crippen LogP contribution in [-0.2, 0) is 26.5 Å². The van der Waals surface area contributed by atoms with Gasteiger partial charge in [0.15, 0.2) is 0 Å². The standard InChI is InChI=1S/C59H39FN4O2.Pt/c1-35-28-47-48-30-38(65-37-24-25-45-44-19-10-12-22-51(44)64(53(45)31-37)56-29-36(26-27-61-56)59(2,3)4)32-54(58(48)66-55(47)33-49(35)60)62-34-63-50-21-11-9-18-43(50)41-16-7-5-14-39(41)40-15-6-8-17-42(40)46-20-13-23-52(62)57(46)63;/h5-30,33H,1-4H3;/q-2;. The van der Waals surface area contributed by atoms with Gasteiger partial charge in [-0.25, -0.2) is 9.37 Å². The predicted octanol–water partition coefficient (Wildman–Crippen LogP) is 14.5. The molecule has 1 aliphatic rings. The number of rotatable bonds is 4. The molecule has 8 aromatic carbocycles. The summed E-state index contributed by atoms with van der Waals surface area (Å²) in [6, 6.07) is 61.1. The molecule has 12 aromatic rings. The number of aryl methyl sites for hydroxylation is 1. The third-order valence-electron chi connectivity index (χ3n) is 13.1. The van der Waals surface area contributed by atoms with Crippen molar-refractivity contribution >= 4 is 54.8 Å². The van der Waals surface area contributed by atoms with E-state index in [9.17, 15) is 0 Å². The van der Waals surface area contributed by atoms with Crippen LogP contribution in [0.1, 0.15) is 31.9 Å². The Labute approximate surface area is 400 Å². The Bertz CT molecular complexity index is 4000. The van der Waals surface area contributed by atoms with Gasteiger partial charge in [-0.05, 0) is 98.3 Å². The largest absolute Gasteiger partial charge is 0.519 e. The minimum atomic E-state index is -0.338. The first kappa shape index (κ1) is 40.9. The summed E-state index contributed by atoms with van der Waals surface area (Å²) >= 11 is 0. The molecule has 4 aromatic heterocycles. The van der Waals surface area contributed by atoms with Gasteiger partial charge in [0.05, 0.1) is 16.7 Å². The van der Waals surface area contributed by atoms with E-state index in [1.165, 1.54) is 11.6 Å². The van der Waals surface area contributed by atoms with Crippen molar-refractivity contribution in [3.05, 3.63) is 199 Å². The van der Waals surface area contributed by atoms with E-state index in [4.69, 9.17) is 14.1 Å². The van der Waals surface area contributed by atoms with Gasteiger partial charge in [-0.1, -0.05) is 135 Å². The number of nitrogens with zero attached hydrogens (tertiary/aromatic N) is 4. The van der Waals surface area contributed by atoms with Crippen molar-refractivity contribution in [2.45, 2.75) is 33.1 Å². The van der Waals surface area contributed by atoms with Crippen LogP contribution in [0.2, 0.25) is 0 Å². The van der Waals surface area contributed by atoms with E-state index >= 15 is 4.39 Å². The Morgan fingerprint density at radius 2 is 1.30 bits per heavy atom. The first-order valence-corrected chi connectivity index (χ1v) is 22.1. The van der Waals surface area contributed by atoms with Crippen molar-refractivity contribution in [2.24, 2.45) is 0 Å². The first-order chi connectivity index (χ1) is 32.2. The molecule has 0 saturated carbocycles. The molecule has 0 unspecified atom stereocenters. The molecule has 13 rings (SSSR count). The van der Waals surface area contributed by atoms with Gasteiger partial charge >= 0.3 is 0 Å². The minimum absolute atomic E-state index is 0. The Morgan fingerprint density at radius 3 is 2.07 bits per heavy atom. The number of hydrogen-bond donors (Lipinski definition) is 0. The molecule has 0 amide bonds. The fraction of sp³-hybridized carbons (Fsp3) is 0.0847. The second-order valence-corrected chi connectivity index (χ2v) is 18.2. The second-order valence-electron chi connectivity index (χ2n) is 18.2. The Balaban J connectivity index is 0.00000468. The van der Waals surface area contributed by atoms with E-state index in [2.05, 4.69) is 176 Å². The molecule has 0 aliphatic carbocycles. The summed E-state index contributed by atoms with van der Waals surface area (Å²) < 4.78 is 35.1. The summed E-state index contributed by atoms with van der Waals surface area (Å²) in [6.45, 7) is 8.39. The molecule has 0 saturated heterocycles. The van der Waals surface area contributed by atoms with Crippen molar-refractivity contribution in [1.82, 2.24) is 14.1 Å². The average molecular weight is 1050 g/mol. The van der Waals surface area contributed by atoms with Gasteiger partial charge in [0, 0.05) is 61.3 Å².